The van der Waals surface area contributed by atoms with Crippen LogP contribution < -0.4 is 11.1 Å². The molecule has 3 nitrogen and oxygen atoms in total. The third-order valence-corrected chi connectivity index (χ3v) is 3.19. The van der Waals surface area contributed by atoms with Crippen LogP contribution >= 0.6 is 15.9 Å². The Balaban J connectivity index is 3.26. The van der Waals surface area contributed by atoms with E-state index in [4.69, 9.17) is 5.73 Å². The van der Waals surface area contributed by atoms with Crippen molar-refractivity contribution in [2.75, 3.05) is 7.05 Å². The van der Waals surface area contributed by atoms with Gasteiger partial charge in [0.1, 0.15) is 5.54 Å². The number of hydrogen-bond acceptors (Lipinski definition) is 2. The van der Waals surface area contributed by atoms with Crippen molar-refractivity contribution in [2.45, 2.75) is 18.9 Å². The Kier molecular flexibility index (Phi) is 3.88. The number of carbonyl (C=O) groups excluding carboxylic acids is 1. The number of likely N-dealkylation sites (N-methyl/N-ethyl adjacent to an activating group) is 1. The minimum absolute atomic E-state index is 0.356. The van der Waals surface area contributed by atoms with Crippen molar-refractivity contribution >= 4 is 21.8 Å². The van der Waals surface area contributed by atoms with Gasteiger partial charge in [-0.25, -0.2) is 0 Å². The van der Waals surface area contributed by atoms with Gasteiger partial charge in [0.05, 0.1) is 0 Å². The summed E-state index contributed by atoms with van der Waals surface area (Å²) < 4.78 is 0.939. The third-order valence-electron chi connectivity index (χ3n) is 2.70. The number of nitrogens with one attached hydrogen (secondary N) is 1. The summed E-state index contributed by atoms with van der Waals surface area (Å²) in [5.41, 5.74) is 5.57. The number of nitrogens with two attached hydrogens (primary N) is 1. The maximum atomic E-state index is 11.5. The van der Waals surface area contributed by atoms with E-state index in [0.717, 1.165) is 10.0 Å². The highest BCUT2D eigenvalue weighted by Crippen LogP contribution is 2.26. The number of hydrogen-bond donors (Lipinski definition) is 2. The van der Waals surface area contributed by atoms with Crippen molar-refractivity contribution in [3.05, 3.63) is 34.3 Å². The van der Waals surface area contributed by atoms with Gasteiger partial charge in [0, 0.05) is 4.47 Å². The molecule has 1 rings (SSSR count). The normalized spacial score (nSPS) is 14.6. The zero-order valence-electron chi connectivity index (χ0n) is 8.88. The lowest BCUT2D eigenvalue weighted by molar-refractivity contribution is -0.124. The van der Waals surface area contributed by atoms with Gasteiger partial charge in [-0.2, -0.15) is 0 Å². The van der Waals surface area contributed by atoms with E-state index in [2.05, 4.69) is 21.2 Å². The molecule has 0 aliphatic heterocycles. The lowest BCUT2D eigenvalue weighted by atomic mass is 9.87. The van der Waals surface area contributed by atoms with Crippen LogP contribution in [0.4, 0.5) is 0 Å². The fourth-order valence-electron chi connectivity index (χ4n) is 1.72. The average molecular weight is 271 g/mol. The molecule has 0 aliphatic rings. The van der Waals surface area contributed by atoms with Gasteiger partial charge in [0.25, 0.3) is 0 Å². The molecule has 0 aliphatic carbocycles. The van der Waals surface area contributed by atoms with Crippen LogP contribution in [0.5, 0.6) is 0 Å². The van der Waals surface area contributed by atoms with E-state index in [1.807, 2.05) is 31.2 Å². The first-order valence-corrected chi connectivity index (χ1v) is 5.61. The van der Waals surface area contributed by atoms with E-state index >= 15 is 0 Å². The first-order valence-electron chi connectivity index (χ1n) is 4.81. The Bertz CT molecular complexity index is 361. The summed E-state index contributed by atoms with van der Waals surface area (Å²) in [6.07, 6.45) is 0.620. The molecule has 1 atom stereocenters. The van der Waals surface area contributed by atoms with Crippen molar-refractivity contribution in [2.24, 2.45) is 5.73 Å². The van der Waals surface area contributed by atoms with Crippen LogP contribution in [-0.4, -0.2) is 13.0 Å². The van der Waals surface area contributed by atoms with Crippen LogP contribution in [-0.2, 0) is 10.3 Å². The zero-order valence-corrected chi connectivity index (χ0v) is 10.5. The molecule has 0 heterocycles. The van der Waals surface area contributed by atoms with Crippen molar-refractivity contribution in [1.82, 2.24) is 5.32 Å². The van der Waals surface area contributed by atoms with E-state index in [9.17, 15) is 4.79 Å². The molecule has 0 saturated heterocycles. The Labute approximate surface area is 98.2 Å². The van der Waals surface area contributed by atoms with E-state index < -0.39 is 5.54 Å². The number of carbonyl (C=O) groups is 1. The third kappa shape index (κ3) is 2.21. The van der Waals surface area contributed by atoms with Gasteiger partial charge in [-0.3, -0.25) is 4.79 Å². The predicted molar refractivity (Wildman–Crippen MR) is 64.4 cm³/mol. The average Bonchev–Trinajstić information content (AvgIpc) is 2.20. The maximum Gasteiger partial charge on any atom is 0.242 e. The molecule has 0 spiro atoms. The van der Waals surface area contributed by atoms with Crippen LogP contribution in [0.1, 0.15) is 18.9 Å². The number of amides is 1. The van der Waals surface area contributed by atoms with Crippen LogP contribution in [0, 0.1) is 0 Å². The van der Waals surface area contributed by atoms with E-state index in [1.54, 1.807) is 7.05 Å². The minimum Gasteiger partial charge on any atom is -0.368 e. The van der Waals surface area contributed by atoms with Gasteiger partial charge >= 0.3 is 0 Å². The van der Waals surface area contributed by atoms with Crippen molar-refractivity contribution < 1.29 is 4.79 Å². The summed E-state index contributed by atoms with van der Waals surface area (Å²) in [7, 11) is 1.75. The van der Waals surface area contributed by atoms with Crippen LogP contribution in [0.15, 0.2) is 28.7 Å². The monoisotopic (exact) mass is 270 g/mol. The Morgan fingerprint density at radius 2 is 2.27 bits per heavy atom. The van der Waals surface area contributed by atoms with Crippen molar-refractivity contribution in [3.63, 3.8) is 0 Å². The predicted octanol–water partition coefficient (Wildman–Crippen LogP) is 1.76. The minimum atomic E-state index is -0.774. The Morgan fingerprint density at radius 3 is 2.67 bits per heavy atom. The SMILES string of the molecule is CCC(NC)(C(N)=O)c1cccc(Br)c1. The molecule has 0 aromatic heterocycles. The molecule has 3 N–H and O–H groups in total. The lowest BCUT2D eigenvalue weighted by Crippen LogP contribution is -2.50. The van der Waals surface area contributed by atoms with E-state index in [0.29, 0.717) is 6.42 Å². The molecule has 4 heteroatoms. The Hall–Kier alpha value is -0.870. The summed E-state index contributed by atoms with van der Waals surface area (Å²) in [5.74, 6) is -0.356. The highest BCUT2D eigenvalue weighted by molar-refractivity contribution is 9.10. The first-order chi connectivity index (χ1) is 7.06. The fourth-order valence-corrected chi connectivity index (χ4v) is 2.12. The number of primary amides is 1. The largest absolute Gasteiger partial charge is 0.368 e. The molecule has 0 saturated carbocycles. The highest BCUT2D eigenvalue weighted by atomic mass is 79.9. The quantitative estimate of drug-likeness (QED) is 0.876. The van der Waals surface area contributed by atoms with Crippen molar-refractivity contribution in [3.8, 4) is 0 Å². The summed E-state index contributed by atoms with van der Waals surface area (Å²) in [6, 6.07) is 7.62. The molecule has 15 heavy (non-hydrogen) atoms. The second-order valence-electron chi connectivity index (χ2n) is 3.38. The molecule has 1 aromatic carbocycles. The van der Waals surface area contributed by atoms with Crippen LogP contribution in [0.25, 0.3) is 0 Å². The van der Waals surface area contributed by atoms with Gasteiger partial charge in [-0.05, 0) is 31.2 Å². The fraction of sp³-hybridized carbons (Fsp3) is 0.364. The van der Waals surface area contributed by atoms with Gasteiger partial charge in [-0.1, -0.05) is 35.0 Å². The topological polar surface area (TPSA) is 55.1 Å². The van der Waals surface area contributed by atoms with Crippen LogP contribution in [0.2, 0.25) is 0 Å². The number of halogens is 1. The highest BCUT2D eigenvalue weighted by Gasteiger charge is 2.34. The zero-order chi connectivity index (χ0) is 11.5. The maximum absolute atomic E-state index is 11.5. The molecule has 0 bridgehead atoms. The lowest BCUT2D eigenvalue weighted by Gasteiger charge is -2.29. The second-order valence-corrected chi connectivity index (χ2v) is 4.30. The van der Waals surface area contributed by atoms with E-state index in [1.165, 1.54) is 0 Å². The summed E-state index contributed by atoms with van der Waals surface area (Å²) in [6.45, 7) is 1.93. The van der Waals surface area contributed by atoms with Gasteiger partial charge in [0.2, 0.25) is 5.91 Å². The van der Waals surface area contributed by atoms with Gasteiger partial charge in [0.15, 0.2) is 0 Å². The first kappa shape index (κ1) is 12.2. The summed E-state index contributed by atoms with van der Waals surface area (Å²) in [4.78, 5) is 11.5. The van der Waals surface area contributed by atoms with Crippen molar-refractivity contribution in [1.29, 1.82) is 0 Å². The molecule has 1 aromatic rings. The molecule has 1 amide bonds. The molecule has 0 fully saturated rings. The molecule has 82 valence electrons. The molecular weight excluding hydrogens is 256 g/mol. The Morgan fingerprint density at radius 1 is 1.60 bits per heavy atom. The smallest absolute Gasteiger partial charge is 0.242 e. The molecular formula is C11H15BrN2O. The number of benzene rings is 1. The molecule has 1 unspecified atom stereocenters. The van der Waals surface area contributed by atoms with Gasteiger partial charge in [-0.15, -0.1) is 0 Å². The number of rotatable bonds is 4. The summed E-state index contributed by atoms with van der Waals surface area (Å²) >= 11 is 3.38. The van der Waals surface area contributed by atoms with Gasteiger partial charge < -0.3 is 11.1 Å². The van der Waals surface area contributed by atoms with Crippen LogP contribution in [0.3, 0.4) is 0 Å². The standard InChI is InChI=1S/C11H15BrN2O/c1-3-11(14-2,10(13)15)8-5-4-6-9(12)7-8/h4-7,14H,3H2,1-2H3,(H2,13,15). The second kappa shape index (κ2) is 4.77. The molecule has 0 radical (unpaired) electrons. The summed E-state index contributed by atoms with van der Waals surface area (Å²) in [5, 5.41) is 3.01. The van der Waals surface area contributed by atoms with E-state index in [-0.39, 0.29) is 5.91 Å².